The highest BCUT2D eigenvalue weighted by Crippen LogP contribution is 2.47. The normalized spacial score (nSPS) is 42.3. The second-order valence-electron chi connectivity index (χ2n) is 3.63. The molecule has 4 heteroatoms. The molecule has 0 radical (unpaired) electrons. The van der Waals surface area contributed by atoms with E-state index < -0.39 is 5.97 Å². The van der Waals surface area contributed by atoms with Crippen LogP contribution in [-0.4, -0.2) is 16.8 Å². The van der Waals surface area contributed by atoms with Crippen LogP contribution in [0.15, 0.2) is 5.10 Å². The van der Waals surface area contributed by atoms with Crippen molar-refractivity contribution in [2.24, 2.45) is 28.7 Å². The van der Waals surface area contributed by atoms with Crippen LogP contribution in [0.2, 0.25) is 0 Å². The molecule has 4 nitrogen and oxygen atoms in total. The number of hydrazone groups is 1. The van der Waals surface area contributed by atoms with Gasteiger partial charge in [0.15, 0.2) is 0 Å². The molecule has 12 heavy (non-hydrogen) atoms. The number of fused-ring (bicyclic) bond motifs is 2. The van der Waals surface area contributed by atoms with Crippen molar-refractivity contribution in [2.45, 2.75) is 19.3 Å². The van der Waals surface area contributed by atoms with E-state index in [0.717, 1.165) is 25.0 Å². The van der Waals surface area contributed by atoms with Crippen LogP contribution in [0.3, 0.4) is 0 Å². The predicted octanol–water partition coefficient (Wildman–Crippen LogP) is 0.432. The summed E-state index contributed by atoms with van der Waals surface area (Å²) in [5.41, 5.74) is 0.915. The third kappa shape index (κ3) is 0.838. The number of nitrogens with two attached hydrogens (primary N) is 1. The van der Waals surface area contributed by atoms with Crippen LogP contribution in [0.25, 0.3) is 0 Å². The Balaban J connectivity index is 2.25. The fourth-order valence-corrected chi connectivity index (χ4v) is 2.63. The fraction of sp³-hybridized carbons (Fsp3) is 0.750. The van der Waals surface area contributed by atoms with E-state index in [2.05, 4.69) is 5.10 Å². The molecule has 0 spiro atoms. The largest absolute Gasteiger partial charge is 0.481 e. The number of carboxylic acid groups (broad SMARTS) is 1. The molecule has 2 aliphatic rings. The van der Waals surface area contributed by atoms with Gasteiger partial charge in [0, 0.05) is 11.6 Å². The lowest BCUT2D eigenvalue weighted by Gasteiger charge is -2.09. The van der Waals surface area contributed by atoms with Gasteiger partial charge in [-0.05, 0) is 25.2 Å². The third-order valence-corrected chi connectivity index (χ3v) is 3.14. The maximum atomic E-state index is 10.8. The van der Waals surface area contributed by atoms with Crippen LogP contribution >= 0.6 is 0 Å². The molecule has 2 saturated carbocycles. The molecule has 2 bridgehead atoms. The van der Waals surface area contributed by atoms with Crippen LogP contribution in [0.1, 0.15) is 19.3 Å². The van der Waals surface area contributed by atoms with Crippen molar-refractivity contribution in [3.8, 4) is 0 Å². The molecule has 66 valence electrons. The van der Waals surface area contributed by atoms with Gasteiger partial charge in [0.05, 0.1) is 5.92 Å². The number of carboxylic acids is 1. The zero-order valence-electron chi connectivity index (χ0n) is 6.73. The summed E-state index contributed by atoms with van der Waals surface area (Å²) in [6, 6.07) is 0. The summed E-state index contributed by atoms with van der Waals surface area (Å²) in [6.07, 6.45) is 2.79. The maximum absolute atomic E-state index is 10.8. The number of rotatable bonds is 1. The number of nitrogens with zero attached hydrogens (tertiary/aromatic N) is 1. The van der Waals surface area contributed by atoms with Crippen LogP contribution in [-0.2, 0) is 4.79 Å². The van der Waals surface area contributed by atoms with E-state index in [1.54, 1.807) is 0 Å². The zero-order chi connectivity index (χ0) is 8.72. The van der Waals surface area contributed by atoms with Crippen LogP contribution in [0.4, 0.5) is 0 Å². The molecule has 0 aromatic heterocycles. The van der Waals surface area contributed by atoms with Gasteiger partial charge >= 0.3 is 5.97 Å². The van der Waals surface area contributed by atoms with Gasteiger partial charge in [-0.15, -0.1) is 0 Å². The molecule has 0 saturated heterocycles. The van der Waals surface area contributed by atoms with Gasteiger partial charge in [-0.1, -0.05) is 0 Å². The van der Waals surface area contributed by atoms with Crippen molar-refractivity contribution in [3.05, 3.63) is 0 Å². The molecule has 0 aromatic carbocycles. The van der Waals surface area contributed by atoms with Gasteiger partial charge in [-0.2, -0.15) is 5.10 Å². The van der Waals surface area contributed by atoms with Crippen molar-refractivity contribution < 1.29 is 9.90 Å². The van der Waals surface area contributed by atoms with Gasteiger partial charge in [-0.3, -0.25) is 4.79 Å². The van der Waals surface area contributed by atoms with E-state index in [1.807, 2.05) is 0 Å². The Bertz CT molecular complexity index is 249. The first-order valence-electron chi connectivity index (χ1n) is 4.23. The minimum atomic E-state index is -0.679. The van der Waals surface area contributed by atoms with Crippen molar-refractivity contribution in [1.29, 1.82) is 0 Å². The number of carbonyl (C=O) groups is 1. The molecule has 2 fully saturated rings. The summed E-state index contributed by atoms with van der Waals surface area (Å²) in [5.74, 6) is 4.73. The van der Waals surface area contributed by atoms with Gasteiger partial charge in [0.2, 0.25) is 0 Å². The standard InChI is InChI=1S/C8H12N2O2/c9-10-6-3-4-1-2-5(6)7(4)8(11)12/h4-5,7H,1-3,9H2,(H,11,12)/b10-6+. The average molecular weight is 168 g/mol. The average Bonchev–Trinajstić information content (AvgIpc) is 2.59. The SMILES string of the molecule is N/N=C1\CC2CCC1C2C(=O)O. The first-order valence-corrected chi connectivity index (χ1v) is 4.23. The summed E-state index contributed by atoms with van der Waals surface area (Å²) in [6.45, 7) is 0. The summed E-state index contributed by atoms with van der Waals surface area (Å²) in [5, 5.41) is 12.6. The lowest BCUT2D eigenvalue weighted by Crippen LogP contribution is -2.20. The number of hydrogen-bond donors (Lipinski definition) is 2. The van der Waals surface area contributed by atoms with Crippen LogP contribution in [0.5, 0.6) is 0 Å². The quantitative estimate of drug-likeness (QED) is 0.440. The molecule has 2 aliphatic carbocycles. The van der Waals surface area contributed by atoms with Gasteiger partial charge < -0.3 is 10.9 Å². The highest BCUT2D eigenvalue weighted by molar-refractivity contribution is 5.95. The zero-order valence-corrected chi connectivity index (χ0v) is 6.73. The summed E-state index contributed by atoms with van der Waals surface area (Å²) < 4.78 is 0. The van der Waals surface area contributed by atoms with Crippen molar-refractivity contribution >= 4 is 11.7 Å². The van der Waals surface area contributed by atoms with E-state index in [-0.39, 0.29) is 11.8 Å². The Hall–Kier alpha value is -1.06. The molecule has 0 heterocycles. The molecule has 3 atom stereocenters. The topological polar surface area (TPSA) is 75.7 Å². The Morgan fingerprint density at radius 1 is 1.58 bits per heavy atom. The van der Waals surface area contributed by atoms with Gasteiger partial charge in [0.25, 0.3) is 0 Å². The monoisotopic (exact) mass is 168 g/mol. The minimum Gasteiger partial charge on any atom is -0.481 e. The predicted molar refractivity (Wildman–Crippen MR) is 43.6 cm³/mol. The molecule has 3 unspecified atom stereocenters. The molecule has 0 amide bonds. The second kappa shape index (κ2) is 2.47. The molecular formula is C8H12N2O2. The Morgan fingerprint density at radius 3 is 2.75 bits per heavy atom. The highest BCUT2D eigenvalue weighted by Gasteiger charge is 2.49. The van der Waals surface area contributed by atoms with Crippen LogP contribution in [0, 0.1) is 17.8 Å². The van der Waals surface area contributed by atoms with E-state index in [4.69, 9.17) is 10.9 Å². The van der Waals surface area contributed by atoms with Crippen LogP contribution < -0.4 is 5.84 Å². The second-order valence-corrected chi connectivity index (χ2v) is 3.63. The van der Waals surface area contributed by atoms with E-state index in [0.29, 0.717) is 5.92 Å². The van der Waals surface area contributed by atoms with Crippen molar-refractivity contribution in [3.63, 3.8) is 0 Å². The molecule has 2 rings (SSSR count). The third-order valence-electron chi connectivity index (χ3n) is 3.14. The van der Waals surface area contributed by atoms with Gasteiger partial charge in [0.1, 0.15) is 0 Å². The fourth-order valence-electron chi connectivity index (χ4n) is 2.63. The first-order chi connectivity index (χ1) is 5.74. The van der Waals surface area contributed by atoms with Crippen molar-refractivity contribution in [2.75, 3.05) is 0 Å². The smallest absolute Gasteiger partial charge is 0.307 e. The summed E-state index contributed by atoms with van der Waals surface area (Å²) in [4.78, 5) is 10.8. The highest BCUT2D eigenvalue weighted by atomic mass is 16.4. The Labute approximate surface area is 70.4 Å². The van der Waals surface area contributed by atoms with E-state index >= 15 is 0 Å². The summed E-state index contributed by atoms with van der Waals surface area (Å²) in [7, 11) is 0. The summed E-state index contributed by atoms with van der Waals surface area (Å²) >= 11 is 0. The van der Waals surface area contributed by atoms with Crippen molar-refractivity contribution in [1.82, 2.24) is 0 Å². The number of hydrogen-bond acceptors (Lipinski definition) is 3. The lowest BCUT2D eigenvalue weighted by molar-refractivity contribution is -0.143. The first kappa shape index (κ1) is 7.58. The molecule has 0 aromatic rings. The Morgan fingerprint density at radius 2 is 2.33 bits per heavy atom. The van der Waals surface area contributed by atoms with Gasteiger partial charge in [-0.25, -0.2) is 0 Å². The van der Waals surface area contributed by atoms with E-state index in [1.165, 1.54) is 0 Å². The Kier molecular flexibility index (Phi) is 1.56. The minimum absolute atomic E-state index is 0.137. The molecular weight excluding hydrogens is 156 g/mol. The lowest BCUT2D eigenvalue weighted by atomic mass is 9.98. The van der Waals surface area contributed by atoms with E-state index in [9.17, 15) is 4.79 Å². The molecule has 3 N–H and O–H groups in total. The maximum Gasteiger partial charge on any atom is 0.307 e. The number of aliphatic carboxylic acids is 1. The molecule has 0 aliphatic heterocycles.